The quantitative estimate of drug-likeness (QED) is 0.751. The van der Waals surface area contributed by atoms with E-state index in [1.165, 1.54) is 11.3 Å². The third kappa shape index (κ3) is 1.81. The molecular formula is C12H9N3OS. The molecule has 0 aromatic carbocycles. The second kappa shape index (κ2) is 4.03. The summed E-state index contributed by atoms with van der Waals surface area (Å²) < 4.78 is 5.37. The molecule has 0 bridgehead atoms. The van der Waals surface area contributed by atoms with E-state index in [1.54, 1.807) is 18.7 Å². The maximum Gasteiger partial charge on any atom is 0.181 e. The van der Waals surface area contributed by atoms with Gasteiger partial charge in [-0.2, -0.15) is 0 Å². The molecule has 3 rings (SSSR count). The van der Waals surface area contributed by atoms with Crippen LogP contribution in [0.2, 0.25) is 0 Å². The minimum Gasteiger partial charge on any atom is -0.463 e. The molecule has 0 amide bonds. The Morgan fingerprint density at radius 3 is 2.71 bits per heavy atom. The Labute approximate surface area is 102 Å². The zero-order valence-electron chi connectivity index (χ0n) is 8.83. The van der Waals surface area contributed by atoms with Crippen LogP contribution in [0.25, 0.3) is 21.9 Å². The van der Waals surface area contributed by atoms with Crippen molar-refractivity contribution in [2.75, 3.05) is 5.73 Å². The Hall–Kier alpha value is -2.14. The lowest BCUT2D eigenvalue weighted by Gasteiger charge is -1.98. The normalized spacial score (nSPS) is 10.6. The smallest absolute Gasteiger partial charge is 0.181 e. The lowest BCUT2D eigenvalue weighted by Crippen LogP contribution is -1.82. The van der Waals surface area contributed by atoms with Gasteiger partial charge in [-0.05, 0) is 29.8 Å². The molecule has 0 unspecified atom stereocenters. The Bertz CT molecular complexity index is 617. The first-order chi connectivity index (χ1) is 8.34. The fourth-order valence-corrected chi connectivity index (χ4v) is 2.46. The summed E-state index contributed by atoms with van der Waals surface area (Å²) in [4.78, 5) is 9.31. The highest BCUT2D eigenvalue weighted by Gasteiger charge is 2.15. The number of pyridine rings is 1. The summed E-state index contributed by atoms with van der Waals surface area (Å²) in [6, 6.07) is 7.57. The van der Waals surface area contributed by atoms with Crippen LogP contribution < -0.4 is 5.73 Å². The Morgan fingerprint density at radius 2 is 2.00 bits per heavy atom. The van der Waals surface area contributed by atoms with Crippen LogP contribution in [-0.2, 0) is 0 Å². The van der Waals surface area contributed by atoms with Crippen LogP contribution in [0, 0.1) is 0 Å². The molecule has 3 heterocycles. The van der Waals surface area contributed by atoms with E-state index in [4.69, 9.17) is 10.2 Å². The molecule has 0 radical (unpaired) electrons. The third-order valence-corrected chi connectivity index (χ3v) is 3.27. The van der Waals surface area contributed by atoms with E-state index in [0.717, 1.165) is 21.9 Å². The molecule has 4 nitrogen and oxygen atoms in total. The minimum absolute atomic E-state index is 0.531. The van der Waals surface area contributed by atoms with Gasteiger partial charge in [0.15, 0.2) is 10.9 Å². The first-order valence-corrected chi connectivity index (χ1v) is 5.87. The van der Waals surface area contributed by atoms with E-state index in [9.17, 15) is 0 Å². The Kier molecular flexibility index (Phi) is 2.38. The van der Waals surface area contributed by atoms with E-state index in [-0.39, 0.29) is 0 Å². The van der Waals surface area contributed by atoms with Crippen molar-refractivity contribution in [3.05, 3.63) is 42.9 Å². The lowest BCUT2D eigenvalue weighted by molar-refractivity contribution is 0.581. The summed E-state index contributed by atoms with van der Waals surface area (Å²) in [6.07, 6.45) is 5.12. The van der Waals surface area contributed by atoms with E-state index in [0.29, 0.717) is 5.13 Å². The van der Waals surface area contributed by atoms with E-state index in [2.05, 4.69) is 9.97 Å². The topological polar surface area (TPSA) is 64.9 Å². The summed E-state index contributed by atoms with van der Waals surface area (Å²) in [5, 5.41) is 0.531. The minimum atomic E-state index is 0.531. The van der Waals surface area contributed by atoms with Crippen molar-refractivity contribution in [3.8, 4) is 21.9 Å². The predicted molar refractivity (Wildman–Crippen MR) is 67.5 cm³/mol. The van der Waals surface area contributed by atoms with Crippen molar-refractivity contribution >= 4 is 16.5 Å². The number of hydrogen-bond donors (Lipinski definition) is 1. The molecule has 0 fully saturated rings. The fraction of sp³-hybridized carbons (Fsp3) is 0. The summed E-state index contributed by atoms with van der Waals surface area (Å²) in [7, 11) is 0. The molecule has 0 spiro atoms. The van der Waals surface area contributed by atoms with Gasteiger partial charge < -0.3 is 10.2 Å². The summed E-state index contributed by atoms with van der Waals surface area (Å²) in [6.45, 7) is 0. The third-order valence-electron chi connectivity index (χ3n) is 2.34. The first kappa shape index (κ1) is 10.0. The standard InChI is InChI=1S/C12H9N3OS/c13-12-15-10(9-2-1-7-16-9)11(17-12)8-3-5-14-6-4-8/h1-7H,(H2,13,15). The molecule has 0 atom stereocenters. The molecule has 0 aliphatic heterocycles. The number of anilines is 1. The number of furan rings is 1. The van der Waals surface area contributed by atoms with Gasteiger partial charge in [0.05, 0.1) is 11.1 Å². The average molecular weight is 243 g/mol. The largest absolute Gasteiger partial charge is 0.463 e. The number of nitrogen functional groups attached to an aromatic ring is 1. The highest BCUT2D eigenvalue weighted by atomic mass is 32.1. The number of hydrogen-bond acceptors (Lipinski definition) is 5. The number of nitrogens with two attached hydrogens (primary N) is 1. The van der Waals surface area contributed by atoms with Crippen molar-refractivity contribution in [2.45, 2.75) is 0 Å². The maximum absolute atomic E-state index is 5.77. The maximum atomic E-state index is 5.77. The van der Waals surface area contributed by atoms with Gasteiger partial charge in [0.1, 0.15) is 5.69 Å². The molecule has 0 aliphatic carbocycles. The molecular weight excluding hydrogens is 234 g/mol. The van der Waals surface area contributed by atoms with Crippen LogP contribution in [0.4, 0.5) is 5.13 Å². The number of thiazole rings is 1. The number of nitrogens with zero attached hydrogens (tertiary/aromatic N) is 2. The monoisotopic (exact) mass is 243 g/mol. The van der Waals surface area contributed by atoms with Crippen molar-refractivity contribution < 1.29 is 4.42 Å². The molecule has 0 saturated carbocycles. The van der Waals surface area contributed by atoms with Crippen molar-refractivity contribution in [1.29, 1.82) is 0 Å². The van der Waals surface area contributed by atoms with Gasteiger partial charge in [0.25, 0.3) is 0 Å². The highest BCUT2D eigenvalue weighted by Crippen LogP contribution is 2.37. The van der Waals surface area contributed by atoms with Crippen LogP contribution in [0.1, 0.15) is 0 Å². The molecule has 84 valence electrons. The second-order valence-electron chi connectivity index (χ2n) is 3.44. The molecule has 3 aromatic heterocycles. The van der Waals surface area contributed by atoms with Crippen LogP contribution >= 0.6 is 11.3 Å². The SMILES string of the molecule is Nc1nc(-c2ccco2)c(-c2ccncc2)s1. The molecule has 5 heteroatoms. The van der Waals surface area contributed by atoms with Gasteiger partial charge in [0.2, 0.25) is 0 Å². The first-order valence-electron chi connectivity index (χ1n) is 5.05. The second-order valence-corrected chi connectivity index (χ2v) is 4.47. The van der Waals surface area contributed by atoms with Gasteiger partial charge in [-0.25, -0.2) is 4.98 Å². The number of aromatic nitrogens is 2. The molecule has 2 N–H and O–H groups in total. The van der Waals surface area contributed by atoms with Crippen molar-refractivity contribution in [1.82, 2.24) is 9.97 Å². The van der Waals surface area contributed by atoms with Gasteiger partial charge in [-0.1, -0.05) is 11.3 Å². The Balaban J connectivity index is 2.18. The lowest BCUT2D eigenvalue weighted by atomic mass is 10.2. The highest BCUT2D eigenvalue weighted by molar-refractivity contribution is 7.19. The molecule has 3 aromatic rings. The van der Waals surface area contributed by atoms with Crippen LogP contribution in [0.15, 0.2) is 47.3 Å². The summed E-state index contributed by atoms with van der Waals surface area (Å²) in [5.41, 5.74) is 7.60. The zero-order valence-corrected chi connectivity index (χ0v) is 9.65. The van der Waals surface area contributed by atoms with Gasteiger partial charge in [0, 0.05) is 12.4 Å². The van der Waals surface area contributed by atoms with Crippen LogP contribution in [0.3, 0.4) is 0 Å². The molecule has 17 heavy (non-hydrogen) atoms. The summed E-state index contributed by atoms with van der Waals surface area (Å²) >= 11 is 1.44. The molecule has 0 aliphatic rings. The van der Waals surface area contributed by atoms with Crippen LogP contribution in [0.5, 0.6) is 0 Å². The van der Waals surface area contributed by atoms with E-state index in [1.807, 2.05) is 24.3 Å². The average Bonchev–Trinajstić information content (AvgIpc) is 2.98. The predicted octanol–water partition coefficient (Wildman–Crippen LogP) is 3.05. The molecule has 0 saturated heterocycles. The Morgan fingerprint density at radius 1 is 1.18 bits per heavy atom. The van der Waals surface area contributed by atoms with Crippen LogP contribution in [-0.4, -0.2) is 9.97 Å². The van der Waals surface area contributed by atoms with E-state index >= 15 is 0 Å². The van der Waals surface area contributed by atoms with Crippen molar-refractivity contribution in [2.24, 2.45) is 0 Å². The van der Waals surface area contributed by atoms with Crippen molar-refractivity contribution in [3.63, 3.8) is 0 Å². The van der Waals surface area contributed by atoms with Gasteiger partial charge in [-0.3, -0.25) is 4.98 Å². The van der Waals surface area contributed by atoms with E-state index < -0.39 is 0 Å². The van der Waals surface area contributed by atoms with Gasteiger partial charge in [-0.15, -0.1) is 0 Å². The number of rotatable bonds is 2. The fourth-order valence-electron chi connectivity index (χ4n) is 1.62. The summed E-state index contributed by atoms with van der Waals surface area (Å²) in [5.74, 6) is 0.727. The zero-order chi connectivity index (χ0) is 11.7. The van der Waals surface area contributed by atoms with Gasteiger partial charge >= 0.3 is 0 Å².